The van der Waals surface area contributed by atoms with Crippen LogP contribution in [-0.4, -0.2) is 59.5 Å². The van der Waals surface area contributed by atoms with Gasteiger partial charge in [0.2, 0.25) is 0 Å². The van der Waals surface area contributed by atoms with Crippen LogP contribution in [-0.2, 0) is 10.9 Å². The van der Waals surface area contributed by atoms with E-state index < -0.39 is 23.5 Å². The van der Waals surface area contributed by atoms with E-state index in [4.69, 9.17) is 13.9 Å². The molecule has 2 fully saturated rings. The van der Waals surface area contributed by atoms with Crippen LogP contribution in [0.25, 0.3) is 11.5 Å². The first kappa shape index (κ1) is 21.9. The smallest absolute Gasteiger partial charge is 0.416 e. The van der Waals surface area contributed by atoms with E-state index >= 15 is 0 Å². The number of ether oxygens (including phenoxy) is 2. The van der Waals surface area contributed by atoms with Gasteiger partial charge < -0.3 is 24.1 Å². The Kier molecular flexibility index (Phi) is 5.92. The average molecular weight is 451 g/mol. The summed E-state index contributed by atoms with van der Waals surface area (Å²) in [5, 5.41) is 19.4. The highest BCUT2D eigenvalue weighted by atomic mass is 19.4. The van der Waals surface area contributed by atoms with E-state index in [1.165, 1.54) is 18.1 Å². The molecule has 1 aliphatic carbocycles. The highest BCUT2D eigenvalue weighted by Gasteiger charge is 2.35. The first-order valence-corrected chi connectivity index (χ1v) is 9.96. The van der Waals surface area contributed by atoms with Gasteiger partial charge in [-0.3, -0.25) is 4.79 Å². The van der Waals surface area contributed by atoms with Crippen LogP contribution in [0.15, 0.2) is 22.6 Å². The Labute approximate surface area is 181 Å². The molecular formula is C20H20F3N5O4. The zero-order valence-corrected chi connectivity index (χ0v) is 17.1. The summed E-state index contributed by atoms with van der Waals surface area (Å²) in [6.45, 7) is 0.633. The summed E-state index contributed by atoms with van der Waals surface area (Å²) in [5.74, 6) is -1.15. The SMILES string of the molecule is COCC1CC(NC(=O)c2nnc(-c3cc(C(F)(F)F)ccc3OC3CC3)o2)CN1C#N. The summed E-state index contributed by atoms with van der Waals surface area (Å²) >= 11 is 0. The fourth-order valence-corrected chi connectivity index (χ4v) is 3.51. The monoisotopic (exact) mass is 451 g/mol. The van der Waals surface area contributed by atoms with Gasteiger partial charge in [-0.2, -0.15) is 18.4 Å². The molecule has 2 aliphatic rings. The number of nitrogens with one attached hydrogen (secondary N) is 1. The molecule has 0 spiro atoms. The van der Waals surface area contributed by atoms with E-state index in [1.54, 1.807) is 0 Å². The third-order valence-corrected chi connectivity index (χ3v) is 5.21. The number of hydrogen-bond acceptors (Lipinski definition) is 8. The van der Waals surface area contributed by atoms with E-state index in [9.17, 15) is 23.2 Å². The van der Waals surface area contributed by atoms with Crippen molar-refractivity contribution < 1.29 is 31.9 Å². The molecule has 1 amide bonds. The number of amides is 1. The van der Waals surface area contributed by atoms with Crippen molar-refractivity contribution in [1.29, 1.82) is 5.26 Å². The molecule has 1 N–H and O–H groups in total. The maximum absolute atomic E-state index is 13.2. The molecule has 0 bridgehead atoms. The molecule has 2 unspecified atom stereocenters. The predicted molar refractivity (Wildman–Crippen MR) is 102 cm³/mol. The Hall–Kier alpha value is -3.33. The lowest BCUT2D eigenvalue weighted by molar-refractivity contribution is -0.137. The second-order valence-corrected chi connectivity index (χ2v) is 7.71. The lowest BCUT2D eigenvalue weighted by Crippen LogP contribution is -2.36. The summed E-state index contributed by atoms with van der Waals surface area (Å²) in [6, 6.07) is 2.48. The number of methoxy groups -OCH3 is 1. The van der Waals surface area contributed by atoms with Crippen molar-refractivity contribution in [3.8, 4) is 23.4 Å². The van der Waals surface area contributed by atoms with Crippen molar-refractivity contribution in [2.24, 2.45) is 0 Å². The van der Waals surface area contributed by atoms with Crippen molar-refractivity contribution in [3.63, 3.8) is 0 Å². The van der Waals surface area contributed by atoms with Crippen LogP contribution in [0.3, 0.4) is 0 Å². The molecule has 1 saturated heterocycles. The van der Waals surface area contributed by atoms with Crippen LogP contribution in [0.4, 0.5) is 13.2 Å². The molecule has 9 nitrogen and oxygen atoms in total. The number of nitrogens with zero attached hydrogens (tertiary/aromatic N) is 4. The van der Waals surface area contributed by atoms with Crippen LogP contribution >= 0.6 is 0 Å². The molecule has 12 heteroatoms. The van der Waals surface area contributed by atoms with Gasteiger partial charge in [0.1, 0.15) is 5.75 Å². The average Bonchev–Trinajstić information content (AvgIpc) is 3.27. The molecule has 2 heterocycles. The second-order valence-electron chi connectivity index (χ2n) is 7.71. The first-order chi connectivity index (χ1) is 15.3. The summed E-state index contributed by atoms with van der Waals surface area (Å²) in [6.07, 6.45) is -0.475. The highest BCUT2D eigenvalue weighted by molar-refractivity contribution is 5.90. The molecule has 2 atom stereocenters. The van der Waals surface area contributed by atoms with Crippen LogP contribution in [0.2, 0.25) is 0 Å². The molecule has 4 rings (SSSR count). The largest absolute Gasteiger partial charge is 0.490 e. The fraction of sp³-hybridized carbons (Fsp3) is 0.500. The molecule has 170 valence electrons. The van der Waals surface area contributed by atoms with E-state index in [-0.39, 0.29) is 35.4 Å². The Morgan fingerprint density at radius 2 is 2.16 bits per heavy atom. The van der Waals surface area contributed by atoms with E-state index in [2.05, 4.69) is 21.7 Å². The van der Waals surface area contributed by atoms with Gasteiger partial charge in [0.05, 0.1) is 29.9 Å². The standard InChI is InChI=1S/C20H20F3N5O4/c1-30-9-13-7-12(8-28(13)10-24)25-17(29)19-27-26-18(32-19)15-6-11(20(21,22)23)2-5-16(15)31-14-3-4-14/h2,5-6,12-14H,3-4,7-9H2,1H3,(H,25,29). The first-order valence-electron chi connectivity index (χ1n) is 9.96. The quantitative estimate of drug-likeness (QED) is 0.639. The highest BCUT2D eigenvalue weighted by Crippen LogP contribution is 2.39. The van der Waals surface area contributed by atoms with Crippen LogP contribution < -0.4 is 10.1 Å². The van der Waals surface area contributed by atoms with Crippen molar-refractivity contribution in [1.82, 2.24) is 20.4 Å². The Morgan fingerprint density at radius 1 is 1.38 bits per heavy atom. The molecule has 0 radical (unpaired) electrons. The van der Waals surface area contributed by atoms with Gasteiger partial charge in [-0.15, -0.1) is 10.2 Å². The predicted octanol–water partition coefficient (Wildman–Crippen LogP) is 2.60. The van der Waals surface area contributed by atoms with Crippen molar-refractivity contribution in [3.05, 3.63) is 29.7 Å². The van der Waals surface area contributed by atoms with Crippen LogP contribution in [0, 0.1) is 11.5 Å². The number of nitriles is 1. The molecule has 1 saturated carbocycles. The number of likely N-dealkylation sites (tertiary alicyclic amines) is 1. The van der Waals surface area contributed by atoms with Gasteiger partial charge in [-0.1, -0.05) is 0 Å². The maximum Gasteiger partial charge on any atom is 0.416 e. The Bertz CT molecular complexity index is 1030. The molecule has 1 aromatic heterocycles. The van der Waals surface area contributed by atoms with Crippen molar-refractivity contribution in [2.45, 2.75) is 43.6 Å². The minimum atomic E-state index is -4.57. The minimum Gasteiger partial charge on any atom is -0.490 e. The maximum atomic E-state index is 13.2. The lowest BCUT2D eigenvalue weighted by Gasteiger charge is -2.15. The molecular weight excluding hydrogens is 431 g/mol. The number of alkyl halides is 3. The van der Waals surface area contributed by atoms with Crippen molar-refractivity contribution in [2.75, 3.05) is 20.3 Å². The van der Waals surface area contributed by atoms with Gasteiger partial charge in [-0.25, -0.2) is 0 Å². The van der Waals surface area contributed by atoms with Crippen molar-refractivity contribution >= 4 is 5.91 Å². The third-order valence-electron chi connectivity index (χ3n) is 5.21. The van der Waals surface area contributed by atoms with Gasteiger partial charge in [-0.05, 0) is 37.5 Å². The number of carbonyl (C=O) groups is 1. The normalized spacial score (nSPS) is 20.8. The fourth-order valence-electron chi connectivity index (χ4n) is 3.51. The van der Waals surface area contributed by atoms with Gasteiger partial charge in [0.15, 0.2) is 6.19 Å². The zero-order chi connectivity index (χ0) is 22.9. The molecule has 1 aromatic carbocycles. The molecule has 1 aliphatic heterocycles. The summed E-state index contributed by atoms with van der Waals surface area (Å²) in [7, 11) is 1.52. The molecule has 2 aromatic rings. The zero-order valence-electron chi connectivity index (χ0n) is 17.1. The number of benzene rings is 1. The minimum absolute atomic E-state index is 0.0324. The van der Waals surface area contributed by atoms with Gasteiger partial charge >= 0.3 is 18.0 Å². The summed E-state index contributed by atoms with van der Waals surface area (Å²) in [4.78, 5) is 14.1. The van der Waals surface area contributed by atoms with Gasteiger partial charge in [0.25, 0.3) is 5.89 Å². The van der Waals surface area contributed by atoms with Gasteiger partial charge in [0, 0.05) is 19.7 Å². The number of halogens is 3. The lowest BCUT2D eigenvalue weighted by atomic mass is 10.1. The number of aromatic nitrogens is 2. The number of hydrogen-bond donors (Lipinski definition) is 1. The summed E-state index contributed by atoms with van der Waals surface area (Å²) < 4.78 is 55.7. The molecule has 32 heavy (non-hydrogen) atoms. The summed E-state index contributed by atoms with van der Waals surface area (Å²) in [5.41, 5.74) is -0.929. The third kappa shape index (κ3) is 4.77. The number of rotatable bonds is 7. The topological polar surface area (TPSA) is 114 Å². The Morgan fingerprint density at radius 3 is 2.81 bits per heavy atom. The Balaban J connectivity index is 1.52. The van der Waals surface area contributed by atoms with Crippen LogP contribution in [0.1, 0.15) is 35.5 Å². The van der Waals surface area contributed by atoms with E-state index in [0.29, 0.717) is 19.6 Å². The van der Waals surface area contributed by atoms with E-state index in [1.807, 2.05) is 0 Å². The number of carbonyl (C=O) groups excluding carboxylic acids is 1. The second kappa shape index (κ2) is 8.66. The van der Waals surface area contributed by atoms with E-state index in [0.717, 1.165) is 25.0 Å². The van der Waals surface area contributed by atoms with Crippen LogP contribution in [0.5, 0.6) is 5.75 Å².